The number of nitrogens with two attached hydrogens (primary N) is 1. The van der Waals surface area contributed by atoms with Crippen LogP contribution < -0.4 is 5.73 Å². The molecule has 0 saturated heterocycles. The number of carboxylic acids is 1. The van der Waals surface area contributed by atoms with Crippen LogP contribution in [0.2, 0.25) is 0 Å². The number of alkyl halides is 3. The molecule has 0 spiro atoms. The Bertz CT molecular complexity index is 1160. The van der Waals surface area contributed by atoms with Gasteiger partial charge >= 0.3 is 18.1 Å². The number of hydrogen-bond donors (Lipinski definition) is 2. The lowest BCUT2D eigenvalue weighted by Crippen LogP contribution is -2.43. The molecule has 0 fully saturated rings. The van der Waals surface area contributed by atoms with Crippen molar-refractivity contribution in [2.24, 2.45) is 11.7 Å². The molecule has 176 valence electrons. The molecule has 3 aromatic carbocycles. The van der Waals surface area contributed by atoms with Gasteiger partial charge in [0, 0.05) is 12.0 Å². The lowest BCUT2D eigenvalue weighted by molar-refractivity contribution is -0.159. The van der Waals surface area contributed by atoms with Crippen molar-refractivity contribution < 1.29 is 32.6 Å². The second-order valence-electron chi connectivity index (χ2n) is 8.24. The van der Waals surface area contributed by atoms with Gasteiger partial charge < -0.3 is 15.6 Å². The van der Waals surface area contributed by atoms with Crippen LogP contribution in [0.4, 0.5) is 13.2 Å². The molecule has 4 rings (SSSR count). The van der Waals surface area contributed by atoms with Gasteiger partial charge in [-0.05, 0) is 46.4 Å². The van der Waals surface area contributed by atoms with Gasteiger partial charge in [0.05, 0.1) is 5.56 Å². The molecule has 3 N–H and O–H groups in total. The molecule has 1 aliphatic rings. The van der Waals surface area contributed by atoms with Crippen LogP contribution in [0.15, 0.2) is 72.8 Å². The fourth-order valence-electron chi connectivity index (χ4n) is 4.37. The Morgan fingerprint density at radius 3 is 1.94 bits per heavy atom. The monoisotopic (exact) mass is 469 g/mol. The fourth-order valence-corrected chi connectivity index (χ4v) is 4.37. The number of carboxylic acid groups (broad SMARTS) is 1. The summed E-state index contributed by atoms with van der Waals surface area (Å²) in [5, 5.41) is 9.62. The second-order valence-corrected chi connectivity index (χ2v) is 8.24. The number of halogens is 3. The van der Waals surface area contributed by atoms with Crippen molar-refractivity contribution in [2.45, 2.75) is 24.6 Å². The number of esters is 1. The van der Waals surface area contributed by atoms with E-state index in [1.54, 1.807) is 0 Å². The van der Waals surface area contributed by atoms with Crippen molar-refractivity contribution in [3.8, 4) is 11.1 Å². The quantitative estimate of drug-likeness (QED) is 0.389. The van der Waals surface area contributed by atoms with Gasteiger partial charge in [-0.2, -0.15) is 13.2 Å². The summed E-state index contributed by atoms with van der Waals surface area (Å²) in [6, 6.07) is 18.5. The van der Waals surface area contributed by atoms with Crippen LogP contribution in [-0.4, -0.2) is 29.7 Å². The number of carbonyl (C=O) groups excluding carboxylic acids is 1. The Kier molecular flexibility index (Phi) is 6.43. The summed E-state index contributed by atoms with van der Waals surface area (Å²) in [4.78, 5) is 24.6. The van der Waals surface area contributed by atoms with Gasteiger partial charge in [0.15, 0.2) is 5.92 Å². The molecular weight excluding hydrogens is 447 g/mol. The van der Waals surface area contributed by atoms with E-state index in [0.717, 1.165) is 34.4 Å². The average molecular weight is 469 g/mol. The van der Waals surface area contributed by atoms with Gasteiger partial charge in [-0.15, -0.1) is 0 Å². The third-order valence-corrected chi connectivity index (χ3v) is 6.06. The Balaban J connectivity index is 1.46. The summed E-state index contributed by atoms with van der Waals surface area (Å²) in [6.45, 7) is -0.0519. The second kappa shape index (κ2) is 9.30. The standard InChI is InChI=1S/C26H22F3NO4/c27-26(28,29)16-11-9-15(10-12-16)13-22(30)23(24(31)32)25(33)34-14-21-19-7-3-1-5-17(19)18-6-2-4-8-20(18)21/h1-12,21-23H,13-14,30H2,(H,31,32). The highest BCUT2D eigenvalue weighted by atomic mass is 19.4. The molecule has 3 aromatic rings. The van der Waals surface area contributed by atoms with Crippen LogP contribution in [0.5, 0.6) is 0 Å². The van der Waals surface area contributed by atoms with Crippen LogP contribution in [0.25, 0.3) is 11.1 Å². The van der Waals surface area contributed by atoms with E-state index >= 15 is 0 Å². The zero-order valence-corrected chi connectivity index (χ0v) is 18.0. The van der Waals surface area contributed by atoms with E-state index < -0.39 is 35.6 Å². The predicted molar refractivity (Wildman–Crippen MR) is 119 cm³/mol. The molecule has 0 heterocycles. The summed E-state index contributed by atoms with van der Waals surface area (Å²) in [7, 11) is 0. The topological polar surface area (TPSA) is 89.6 Å². The first-order valence-electron chi connectivity index (χ1n) is 10.7. The Hall–Kier alpha value is -3.65. The number of ether oxygens (including phenoxy) is 1. The van der Waals surface area contributed by atoms with Crippen LogP contribution in [0.3, 0.4) is 0 Å². The smallest absolute Gasteiger partial charge is 0.416 e. The van der Waals surface area contributed by atoms with Crippen LogP contribution >= 0.6 is 0 Å². The average Bonchev–Trinajstić information content (AvgIpc) is 3.11. The molecular formula is C26H22F3NO4. The SMILES string of the molecule is NC(Cc1ccc(C(F)(F)F)cc1)C(C(=O)O)C(=O)OCC1c2ccccc2-c2ccccc21. The molecule has 34 heavy (non-hydrogen) atoms. The Morgan fingerprint density at radius 2 is 1.44 bits per heavy atom. The van der Waals surface area contributed by atoms with Gasteiger partial charge in [-0.1, -0.05) is 60.7 Å². The van der Waals surface area contributed by atoms with Crippen molar-refractivity contribution in [3.63, 3.8) is 0 Å². The third kappa shape index (κ3) is 4.68. The van der Waals surface area contributed by atoms with Crippen molar-refractivity contribution in [2.75, 3.05) is 6.61 Å². The molecule has 0 aromatic heterocycles. The minimum atomic E-state index is -4.48. The summed E-state index contributed by atoms with van der Waals surface area (Å²) in [5.74, 6) is -4.32. The van der Waals surface area contributed by atoms with Gasteiger partial charge in [-0.25, -0.2) is 0 Å². The molecule has 0 amide bonds. The number of benzene rings is 3. The minimum Gasteiger partial charge on any atom is -0.481 e. The normalized spacial score (nSPS) is 14.7. The van der Waals surface area contributed by atoms with E-state index in [2.05, 4.69) is 0 Å². The van der Waals surface area contributed by atoms with Crippen molar-refractivity contribution in [1.29, 1.82) is 0 Å². The largest absolute Gasteiger partial charge is 0.481 e. The maximum Gasteiger partial charge on any atom is 0.416 e. The molecule has 0 aliphatic heterocycles. The molecule has 5 nitrogen and oxygen atoms in total. The number of hydrogen-bond acceptors (Lipinski definition) is 4. The molecule has 2 atom stereocenters. The van der Waals surface area contributed by atoms with Gasteiger partial charge in [0.1, 0.15) is 6.61 Å². The maximum atomic E-state index is 12.8. The van der Waals surface area contributed by atoms with Crippen molar-refractivity contribution in [3.05, 3.63) is 95.1 Å². The van der Waals surface area contributed by atoms with E-state index in [-0.39, 0.29) is 18.9 Å². The van der Waals surface area contributed by atoms with Gasteiger partial charge in [0.2, 0.25) is 0 Å². The fraction of sp³-hybridized carbons (Fsp3) is 0.231. The van der Waals surface area contributed by atoms with Crippen LogP contribution in [-0.2, 0) is 26.9 Å². The molecule has 0 radical (unpaired) electrons. The zero-order valence-electron chi connectivity index (χ0n) is 18.0. The summed E-state index contributed by atoms with van der Waals surface area (Å²) >= 11 is 0. The first-order valence-corrected chi connectivity index (χ1v) is 10.7. The number of aliphatic carboxylic acids is 1. The minimum absolute atomic E-state index is 0.0519. The first-order chi connectivity index (χ1) is 16.2. The third-order valence-electron chi connectivity index (χ3n) is 6.06. The molecule has 8 heteroatoms. The Labute approximate surface area is 194 Å². The highest BCUT2D eigenvalue weighted by Crippen LogP contribution is 2.44. The molecule has 2 unspecified atom stereocenters. The molecule has 1 aliphatic carbocycles. The van der Waals surface area contributed by atoms with Crippen LogP contribution in [0, 0.1) is 5.92 Å². The van der Waals surface area contributed by atoms with E-state index in [1.807, 2.05) is 48.5 Å². The van der Waals surface area contributed by atoms with Gasteiger partial charge in [-0.3, -0.25) is 9.59 Å². The van der Waals surface area contributed by atoms with Crippen molar-refractivity contribution >= 4 is 11.9 Å². The summed E-state index contributed by atoms with van der Waals surface area (Å²) in [5.41, 5.74) is 9.61. The number of rotatable bonds is 7. The lowest BCUT2D eigenvalue weighted by atomic mass is 9.93. The zero-order chi connectivity index (χ0) is 24.5. The lowest BCUT2D eigenvalue weighted by Gasteiger charge is -2.21. The van der Waals surface area contributed by atoms with Crippen LogP contribution in [0.1, 0.15) is 28.2 Å². The number of carbonyl (C=O) groups is 2. The Morgan fingerprint density at radius 1 is 0.912 bits per heavy atom. The first kappa shape index (κ1) is 23.5. The predicted octanol–water partition coefficient (Wildman–Crippen LogP) is 4.63. The highest BCUT2D eigenvalue weighted by Gasteiger charge is 2.36. The highest BCUT2D eigenvalue weighted by molar-refractivity contribution is 5.95. The van der Waals surface area contributed by atoms with Gasteiger partial charge in [0.25, 0.3) is 0 Å². The summed E-state index contributed by atoms with van der Waals surface area (Å²) < 4.78 is 43.7. The maximum absolute atomic E-state index is 12.8. The van der Waals surface area contributed by atoms with E-state index in [0.29, 0.717) is 5.56 Å². The van der Waals surface area contributed by atoms with E-state index in [1.165, 1.54) is 12.1 Å². The number of fused-ring (bicyclic) bond motifs is 3. The van der Waals surface area contributed by atoms with E-state index in [9.17, 15) is 27.9 Å². The molecule has 0 saturated carbocycles. The summed E-state index contributed by atoms with van der Waals surface area (Å²) in [6.07, 6.45) is -4.58. The molecule has 0 bridgehead atoms. The van der Waals surface area contributed by atoms with Crippen molar-refractivity contribution in [1.82, 2.24) is 0 Å². The van der Waals surface area contributed by atoms with E-state index in [4.69, 9.17) is 10.5 Å².